The van der Waals surface area contributed by atoms with Gasteiger partial charge in [-0.25, -0.2) is 4.79 Å². The summed E-state index contributed by atoms with van der Waals surface area (Å²) < 4.78 is 16.3. The second-order valence-corrected chi connectivity index (χ2v) is 5.95. The lowest BCUT2D eigenvalue weighted by atomic mass is 10.1. The van der Waals surface area contributed by atoms with Gasteiger partial charge in [-0.15, -0.1) is 0 Å². The number of urea groups is 1. The van der Waals surface area contributed by atoms with Crippen molar-refractivity contribution in [2.24, 2.45) is 0 Å². The molecule has 0 radical (unpaired) electrons. The van der Waals surface area contributed by atoms with E-state index in [0.29, 0.717) is 31.2 Å². The van der Waals surface area contributed by atoms with E-state index < -0.39 is 0 Å². The van der Waals surface area contributed by atoms with Crippen LogP contribution in [0.5, 0.6) is 11.5 Å². The molecule has 3 rings (SSSR count). The van der Waals surface area contributed by atoms with Gasteiger partial charge in [0.05, 0.1) is 33.0 Å². The Bertz CT molecular complexity index is 564. The Morgan fingerprint density at radius 1 is 1.30 bits per heavy atom. The fourth-order valence-corrected chi connectivity index (χ4v) is 3.45. The molecule has 2 amide bonds. The molecule has 1 aliphatic carbocycles. The highest BCUT2D eigenvalue weighted by atomic mass is 16.5. The van der Waals surface area contributed by atoms with Crippen molar-refractivity contribution < 1.29 is 19.0 Å². The van der Waals surface area contributed by atoms with Crippen LogP contribution in [0, 0.1) is 0 Å². The molecule has 6 nitrogen and oxygen atoms in total. The van der Waals surface area contributed by atoms with Crippen LogP contribution < -0.4 is 14.8 Å². The molecular weight excluding hydrogens is 296 g/mol. The van der Waals surface area contributed by atoms with Gasteiger partial charge in [0.2, 0.25) is 0 Å². The Morgan fingerprint density at radius 2 is 2.13 bits per heavy atom. The molecule has 1 N–H and O–H groups in total. The maximum Gasteiger partial charge on any atom is 0.318 e. The monoisotopic (exact) mass is 320 g/mol. The number of methoxy groups -OCH3 is 2. The molecule has 126 valence electrons. The van der Waals surface area contributed by atoms with Gasteiger partial charge < -0.3 is 24.4 Å². The summed E-state index contributed by atoms with van der Waals surface area (Å²) in [6, 6.07) is 5.88. The van der Waals surface area contributed by atoms with E-state index in [2.05, 4.69) is 5.32 Å². The van der Waals surface area contributed by atoms with Crippen LogP contribution in [-0.4, -0.2) is 50.4 Å². The van der Waals surface area contributed by atoms with E-state index >= 15 is 0 Å². The number of benzene rings is 1. The van der Waals surface area contributed by atoms with Crippen LogP contribution in [0.25, 0.3) is 0 Å². The standard InChI is InChI=1S/C17H24N2O4/c1-21-15-7-6-12(10-16(15)22-2)11-18-17(20)19-8-9-23-14-5-3-4-13(14)19/h6-7,10,13-14H,3-5,8-9,11H2,1-2H3,(H,18,20)/t13-,14-/m0/s1. The Morgan fingerprint density at radius 3 is 2.91 bits per heavy atom. The predicted molar refractivity (Wildman–Crippen MR) is 85.9 cm³/mol. The number of nitrogens with one attached hydrogen (secondary N) is 1. The lowest BCUT2D eigenvalue weighted by molar-refractivity contribution is -0.0383. The van der Waals surface area contributed by atoms with E-state index in [4.69, 9.17) is 14.2 Å². The molecule has 0 bridgehead atoms. The minimum absolute atomic E-state index is 0.0139. The Hall–Kier alpha value is -1.95. The van der Waals surface area contributed by atoms with Crippen molar-refractivity contribution >= 4 is 6.03 Å². The molecule has 0 aromatic heterocycles. The Kier molecular flexibility index (Phi) is 4.91. The summed E-state index contributed by atoms with van der Waals surface area (Å²) in [6.45, 7) is 1.76. The minimum Gasteiger partial charge on any atom is -0.493 e. The van der Waals surface area contributed by atoms with Crippen molar-refractivity contribution in [2.75, 3.05) is 27.4 Å². The molecule has 1 aromatic rings. The zero-order valence-electron chi connectivity index (χ0n) is 13.7. The molecule has 1 aliphatic heterocycles. The fraction of sp³-hybridized carbons (Fsp3) is 0.588. The quantitative estimate of drug-likeness (QED) is 0.923. The fourth-order valence-electron chi connectivity index (χ4n) is 3.45. The van der Waals surface area contributed by atoms with Crippen LogP contribution >= 0.6 is 0 Å². The topological polar surface area (TPSA) is 60.0 Å². The third-order valence-electron chi connectivity index (χ3n) is 4.63. The second-order valence-electron chi connectivity index (χ2n) is 5.95. The molecule has 2 atom stereocenters. The van der Waals surface area contributed by atoms with Crippen LogP contribution in [0.4, 0.5) is 4.79 Å². The minimum atomic E-state index is -0.0139. The average molecular weight is 320 g/mol. The average Bonchev–Trinajstić information content (AvgIpc) is 3.07. The second kappa shape index (κ2) is 7.08. The van der Waals surface area contributed by atoms with E-state index in [0.717, 1.165) is 24.8 Å². The van der Waals surface area contributed by atoms with Crippen LogP contribution in [0.3, 0.4) is 0 Å². The van der Waals surface area contributed by atoms with E-state index in [1.807, 2.05) is 23.1 Å². The van der Waals surface area contributed by atoms with Gasteiger partial charge in [-0.1, -0.05) is 6.07 Å². The van der Waals surface area contributed by atoms with Crippen LogP contribution in [0.2, 0.25) is 0 Å². The van der Waals surface area contributed by atoms with Crippen LogP contribution in [0.15, 0.2) is 18.2 Å². The van der Waals surface area contributed by atoms with Gasteiger partial charge in [0, 0.05) is 13.1 Å². The summed E-state index contributed by atoms with van der Waals surface area (Å²) in [5.74, 6) is 1.35. The highest BCUT2D eigenvalue weighted by Gasteiger charge is 2.38. The van der Waals surface area contributed by atoms with Gasteiger partial charge in [0.1, 0.15) is 0 Å². The molecule has 1 saturated heterocycles. The molecule has 0 unspecified atom stereocenters. The molecule has 23 heavy (non-hydrogen) atoms. The number of hydrogen-bond donors (Lipinski definition) is 1. The highest BCUT2D eigenvalue weighted by Crippen LogP contribution is 2.30. The SMILES string of the molecule is COc1ccc(CNC(=O)N2CCO[C@H]3CCC[C@@H]32)cc1OC. The Labute approximate surface area is 136 Å². The van der Waals surface area contributed by atoms with E-state index in [1.165, 1.54) is 0 Å². The molecule has 6 heteroatoms. The largest absolute Gasteiger partial charge is 0.493 e. The molecule has 2 aliphatic rings. The Balaban J connectivity index is 1.60. The van der Waals surface area contributed by atoms with Crippen molar-refractivity contribution in [3.05, 3.63) is 23.8 Å². The number of fused-ring (bicyclic) bond motifs is 1. The number of rotatable bonds is 4. The van der Waals surface area contributed by atoms with Gasteiger partial charge in [-0.05, 0) is 37.0 Å². The van der Waals surface area contributed by atoms with Gasteiger partial charge in [-0.3, -0.25) is 0 Å². The van der Waals surface area contributed by atoms with Gasteiger partial charge in [0.15, 0.2) is 11.5 Å². The first-order chi connectivity index (χ1) is 11.2. The van der Waals surface area contributed by atoms with Crippen molar-refractivity contribution in [2.45, 2.75) is 38.0 Å². The zero-order chi connectivity index (χ0) is 16.2. The summed E-state index contributed by atoms with van der Waals surface area (Å²) in [6.07, 6.45) is 3.45. The predicted octanol–water partition coefficient (Wildman–Crippen LogP) is 2.17. The van der Waals surface area contributed by atoms with Crippen molar-refractivity contribution in [1.29, 1.82) is 0 Å². The van der Waals surface area contributed by atoms with Gasteiger partial charge in [0.25, 0.3) is 0 Å². The van der Waals surface area contributed by atoms with E-state index in [9.17, 15) is 4.79 Å². The number of carbonyl (C=O) groups is 1. The number of nitrogens with zero attached hydrogens (tertiary/aromatic N) is 1. The lowest BCUT2D eigenvalue weighted by Gasteiger charge is -2.37. The maximum atomic E-state index is 12.5. The third kappa shape index (κ3) is 3.37. The normalized spacial score (nSPS) is 23.3. The lowest BCUT2D eigenvalue weighted by Crippen LogP contribution is -2.54. The van der Waals surface area contributed by atoms with Crippen LogP contribution in [0.1, 0.15) is 24.8 Å². The number of carbonyl (C=O) groups excluding carboxylic acids is 1. The summed E-state index contributed by atoms with van der Waals surface area (Å²) >= 11 is 0. The van der Waals surface area contributed by atoms with E-state index in [1.54, 1.807) is 14.2 Å². The number of ether oxygens (including phenoxy) is 3. The molecular formula is C17H24N2O4. The van der Waals surface area contributed by atoms with Crippen molar-refractivity contribution in [1.82, 2.24) is 10.2 Å². The first kappa shape index (κ1) is 15.9. The number of morpholine rings is 1. The first-order valence-electron chi connectivity index (χ1n) is 8.10. The summed E-state index contributed by atoms with van der Waals surface area (Å²) in [7, 11) is 3.21. The molecule has 1 aromatic carbocycles. The summed E-state index contributed by atoms with van der Waals surface area (Å²) in [5.41, 5.74) is 0.979. The third-order valence-corrected chi connectivity index (χ3v) is 4.63. The molecule has 2 fully saturated rings. The molecule has 1 heterocycles. The van der Waals surface area contributed by atoms with Crippen LogP contribution in [-0.2, 0) is 11.3 Å². The number of amides is 2. The maximum absolute atomic E-state index is 12.5. The van der Waals surface area contributed by atoms with E-state index in [-0.39, 0.29) is 18.2 Å². The zero-order valence-corrected chi connectivity index (χ0v) is 13.7. The number of hydrogen-bond acceptors (Lipinski definition) is 4. The molecule has 1 saturated carbocycles. The van der Waals surface area contributed by atoms with Crippen molar-refractivity contribution in [3.8, 4) is 11.5 Å². The molecule has 0 spiro atoms. The van der Waals surface area contributed by atoms with Crippen molar-refractivity contribution in [3.63, 3.8) is 0 Å². The summed E-state index contributed by atoms with van der Waals surface area (Å²) in [4.78, 5) is 14.4. The smallest absolute Gasteiger partial charge is 0.318 e. The van der Waals surface area contributed by atoms with Gasteiger partial charge in [-0.2, -0.15) is 0 Å². The first-order valence-corrected chi connectivity index (χ1v) is 8.10. The van der Waals surface area contributed by atoms with Gasteiger partial charge >= 0.3 is 6.03 Å². The summed E-state index contributed by atoms with van der Waals surface area (Å²) in [5, 5.41) is 3.01. The highest BCUT2D eigenvalue weighted by molar-refractivity contribution is 5.74.